The number of aromatic nitrogens is 3. The topological polar surface area (TPSA) is 80.9 Å². The lowest BCUT2D eigenvalue weighted by molar-refractivity contribution is -0.113. The molecule has 2 heterocycles. The van der Waals surface area contributed by atoms with Crippen molar-refractivity contribution in [3.8, 4) is 11.4 Å². The van der Waals surface area contributed by atoms with E-state index in [0.29, 0.717) is 17.4 Å². The van der Waals surface area contributed by atoms with Gasteiger partial charge in [-0.2, -0.15) is 0 Å². The quantitative estimate of drug-likeness (QED) is 0.555. The van der Waals surface area contributed by atoms with Crippen LogP contribution in [-0.4, -0.2) is 26.8 Å². The zero-order valence-corrected chi connectivity index (χ0v) is 15.1. The lowest BCUT2D eigenvalue weighted by Crippen LogP contribution is -2.14. The highest BCUT2D eigenvalue weighted by atomic mass is 32.2. The van der Waals surface area contributed by atoms with Crippen molar-refractivity contribution >= 4 is 23.5 Å². The summed E-state index contributed by atoms with van der Waals surface area (Å²) in [6.07, 6.45) is 0. The van der Waals surface area contributed by atoms with Crippen LogP contribution in [0.5, 0.6) is 0 Å². The molecule has 6 nitrogen and oxygen atoms in total. The fraction of sp³-hybridized carbons (Fsp3) is 0.222. The first-order chi connectivity index (χ1) is 12.0. The van der Waals surface area contributed by atoms with Crippen molar-refractivity contribution in [2.24, 2.45) is 0 Å². The molecule has 0 fully saturated rings. The number of hydrogen-bond acceptors (Lipinski definition) is 6. The number of rotatable bonds is 5. The first kappa shape index (κ1) is 17.2. The molecule has 1 amide bonds. The van der Waals surface area contributed by atoms with Crippen LogP contribution in [0.4, 0.5) is 5.82 Å². The van der Waals surface area contributed by atoms with E-state index in [1.807, 2.05) is 44.2 Å². The number of carbonyl (C=O) groups excluding carboxylic acids is 1. The van der Waals surface area contributed by atoms with Crippen LogP contribution in [0.15, 0.2) is 45.9 Å². The van der Waals surface area contributed by atoms with Gasteiger partial charge in [0.2, 0.25) is 5.91 Å². The fourth-order valence-electron chi connectivity index (χ4n) is 2.19. The van der Waals surface area contributed by atoms with Crippen LogP contribution in [0, 0.1) is 20.8 Å². The van der Waals surface area contributed by atoms with Crippen LogP contribution in [0.25, 0.3) is 11.4 Å². The van der Waals surface area contributed by atoms with Crippen molar-refractivity contribution in [1.29, 1.82) is 0 Å². The van der Waals surface area contributed by atoms with Crippen LogP contribution in [-0.2, 0) is 4.79 Å². The molecule has 25 heavy (non-hydrogen) atoms. The Bertz CT molecular complexity index is 890. The van der Waals surface area contributed by atoms with Crippen molar-refractivity contribution < 1.29 is 9.32 Å². The lowest BCUT2D eigenvalue weighted by atomic mass is 10.1. The van der Waals surface area contributed by atoms with Crippen LogP contribution >= 0.6 is 11.8 Å². The van der Waals surface area contributed by atoms with Gasteiger partial charge in [0, 0.05) is 17.3 Å². The Hall–Kier alpha value is -2.67. The van der Waals surface area contributed by atoms with Gasteiger partial charge in [0.1, 0.15) is 10.8 Å². The average molecular weight is 354 g/mol. The monoisotopic (exact) mass is 354 g/mol. The number of carbonyl (C=O) groups is 1. The Morgan fingerprint density at radius 1 is 1.12 bits per heavy atom. The van der Waals surface area contributed by atoms with E-state index in [1.165, 1.54) is 17.3 Å². The predicted molar refractivity (Wildman–Crippen MR) is 97.5 cm³/mol. The third kappa shape index (κ3) is 4.67. The van der Waals surface area contributed by atoms with Crippen LogP contribution in [0.3, 0.4) is 0 Å². The minimum atomic E-state index is -0.161. The van der Waals surface area contributed by atoms with Gasteiger partial charge >= 0.3 is 0 Å². The Kier molecular flexibility index (Phi) is 5.14. The van der Waals surface area contributed by atoms with Gasteiger partial charge in [0.05, 0.1) is 5.75 Å². The molecule has 1 aromatic carbocycles. The second-order valence-corrected chi connectivity index (χ2v) is 6.69. The maximum absolute atomic E-state index is 12.0. The predicted octanol–water partition coefficient (Wildman–Crippen LogP) is 3.79. The van der Waals surface area contributed by atoms with Crippen molar-refractivity contribution in [2.45, 2.75) is 25.8 Å². The van der Waals surface area contributed by atoms with Gasteiger partial charge in [-0.3, -0.25) is 4.79 Å². The van der Waals surface area contributed by atoms with Gasteiger partial charge in [0.25, 0.3) is 0 Å². The standard InChI is InChI=1S/C18H18N4O2S/c1-11-4-6-14(7-5-11)18-19-12(2)8-17(21-18)25-10-16(23)20-15-9-13(3)24-22-15/h4-9H,10H2,1-3H3,(H,20,22,23). The summed E-state index contributed by atoms with van der Waals surface area (Å²) in [7, 11) is 0. The number of anilines is 1. The van der Waals surface area contributed by atoms with Gasteiger partial charge in [-0.05, 0) is 26.8 Å². The van der Waals surface area contributed by atoms with Crippen LogP contribution in [0.2, 0.25) is 0 Å². The molecule has 0 radical (unpaired) electrons. The molecule has 3 aromatic rings. The minimum absolute atomic E-state index is 0.161. The number of nitrogens with one attached hydrogen (secondary N) is 1. The molecule has 0 bridgehead atoms. The zero-order chi connectivity index (χ0) is 17.8. The van der Waals surface area contributed by atoms with Crippen LogP contribution in [0.1, 0.15) is 17.0 Å². The third-order valence-electron chi connectivity index (χ3n) is 3.39. The van der Waals surface area contributed by atoms with E-state index in [4.69, 9.17) is 4.52 Å². The number of thioether (sulfide) groups is 1. The lowest BCUT2D eigenvalue weighted by Gasteiger charge is -2.06. The number of benzene rings is 1. The summed E-state index contributed by atoms with van der Waals surface area (Å²) in [4.78, 5) is 21.1. The highest BCUT2D eigenvalue weighted by Crippen LogP contribution is 2.22. The fourth-order valence-corrected chi connectivity index (χ4v) is 2.95. The van der Waals surface area contributed by atoms with Gasteiger partial charge in [0.15, 0.2) is 11.6 Å². The van der Waals surface area contributed by atoms with Gasteiger partial charge in [-0.1, -0.05) is 46.7 Å². The van der Waals surface area contributed by atoms with Gasteiger partial charge in [-0.25, -0.2) is 9.97 Å². The Morgan fingerprint density at radius 3 is 2.56 bits per heavy atom. The number of hydrogen-bond donors (Lipinski definition) is 1. The van der Waals surface area contributed by atoms with Gasteiger partial charge in [-0.15, -0.1) is 0 Å². The van der Waals surface area contributed by atoms with Crippen molar-refractivity contribution in [3.05, 3.63) is 53.4 Å². The van der Waals surface area contributed by atoms with Crippen molar-refractivity contribution in [3.63, 3.8) is 0 Å². The molecule has 128 valence electrons. The largest absolute Gasteiger partial charge is 0.360 e. The Morgan fingerprint density at radius 2 is 1.88 bits per heavy atom. The van der Waals surface area contributed by atoms with E-state index in [9.17, 15) is 4.79 Å². The summed E-state index contributed by atoms with van der Waals surface area (Å²) >= 11 is 1.36. The molecule has 0 aliphatic carbocycles. The van der Waals surface area contributed by atoms with E-state index < -0.39 is 0 Å². The Labute approximate surface area is 150 Å². The zero-order valence-electron chi connectivity index (χ0n) is 14.2. The number of amides is 1. The molecule has 0 aliphatic heterocycles. The molecule has 0 unspecified atom stereocenters. The number of nitrogens with zero attached hydrogens (tertiary/aromatic N) is 3. The maximum atomic E-state index is 12.0. The summed E-state index contributed by atoms with van der Waals surface area (Å²) in [6, 6.07) is 11.6. The van der Waals surface area contributed by atoms with E-state index in [2.05, 4.69) is 20.4 Å². The molecule has 0 saturated carbocycles. The van der Waals surface area contributed by atoms with Gasteiger partial charge < -0.3 is 9.84 Å². The molecule has 0 spiro atoms. The second kappa shape index (κ2) is 7.48. The smallest absolute Gasteiger partial charge is 0.236 e. The molecule has 0 atom stereocenters. The molecule has 0 aliphatic rings. The molecule has 2 aromatic heterocycles. The second-order valence-electron chi connectivity index (χ2n) is 5.70. The van der Waals surface area contributed by atoms with Crippen LogP contribution < -0.4 is 5.32 Å². The summed E-state index contributed by atoms with van der Waals surface area (Å²) in [5.41, 5.74) is 3.00. The highest BCUT2D eigenvalue weighted by molar-refractivity contribution is 7.99. The van der Waals surface area contributed by atoms with Crippen molar-refractivity contribution in [1.82, 2.24) is 15.1 Å². The average Bonchev–Trinajstić information content (AvgIpc) is 2.98. The third-order valence-corrected chi connectivity index (χ3v) is 4.30. The number of aryl methyl sites for hydroxylation is 3. The molecule has 1 N–H and O–H groups in total. The van der Waals surface area contributed by atoms with Crippen molar-refractivity contribution in [2.75, 3.05) is 11.1 Å². The Balaban J connectivity index is 1.68. The first-order valence-corrected chi connectivity index (χ1v) is 8.77. The molecular formula is C18H18N4O2S. The summed E-state index contributed by atoms with van der Waals surface area (Å²) in [6.45, 7) is 5.73. The summed E-state index contributed by atoms with van der Waals surface area (Å²) in [5, 5.41) is 7.19. The summed E-state index contributed by atoms with van der Waals surface area (Å²) in [5.74, 6) is 1.80. The first-order valence-electron chi connectivity index (χ1n) is 7.78. The van der Waals surface area contributed by atoms with E-state index in [1.54, 1.807) is 13.0 Å². The van der Waals surface area contributed by atoms with E-state index in [0.717, 1.165) is 16.3 Å². The minimum Gasteiger partial charge on any atom is -0.360 e. The summed E-state index contributed by atoms with van der Waals surface area (Å²) < 4.78 is 4.92. The van der Waals surface area contributed by atoms with E-state index in [-0.39, 0.29) is 11.7 Å². The molecule has 0 saturated heterocycles. The molecule has 7 heteroatoms. The molecular weight excluding hydrogens is 336 g/mol. The molecule has 3 rings (SSSR count). The van der Waals surface area contributed by atoms with E-state index >= 15 is 0 Å². The normalized spacial score (nSPS) is 10.7. The maximum Gasteiger partial charge on any atom is 0.236 e. The SMILES string of the molecule is Cc1ccc(-c2nc(C)cc(SCC(=O)Nc3cc(C)on3)n2)cc1. The highest BCUT2D eigenvalue weighted by Gasteiger charge is 2.10.